The van der Waals surface area contributed by atoms with Crippen molar-refractivity contribution in [2.45, 2.75) is 0 Å². The third-order valence-corrected chi connectivity index (χ3v) is 2.75. The highest BCUT2D eigenvalue weighted by atomic mass is 127. The zero-order chi connectivity index (χ0) is 11.7. The summed E-state index contributed by atoms with van der Waals surface area (Å²) in [5.74, 6) is 0.0165. The minimum absolute atomic E-state index is 0.294. The van der Waals surface area contributed by atoms with E-state index in [9.17, 15) is 14.9 Å². The van der Waals surface area contributed by atoms with Crippen molar-refractivity contribution in [1.82, 2.24) is 19.5 Å². The van der Waals surface area contributed by atoms with E-state index in [1.54, 1.807) is 0 Å². The molecule has 0 amide bonds. The Balaban J connectivity index is 2.55. The van der Waals surface area contributed by atoms with Gasteiger partial charge in [0.2, 0.25) is 6.33 Å². The average molecular weight is 333 g/mol. The predicted molar refractivity (Wildman–Crippen MR) is 61.4 cm³/mol. The molecule has 0 saturated heterocycles. The molecule has 2 aromatic heterocycles. The van der Waals surface area contributed by atoms with Crippen LogP contribution in [0, 0.1) is 13.7 Å². The summed E-state index contributed by atoms with van der Waals surface area (Å²) in [7, 11) is 0. The quantitative estimate of drug-likeness (QED) is 0.488. The molecule has 0 spiro atoms. The summed E-state index contributed by atoms with van der Waals surface area (Å²) in [6.07, 6.45) is 3.66. The molecule has 0 fully saturated rings. The molecule has 0 unspecified atom stereocenters. The maximum Gasteiger partial charge on any atom is 0.381 e. The Kier molecular flexibility index (Phi) is 2.68. The van der Waals surface area contributed by atoms with Crippen LogP contribution in [0.1, 0.15) is 0 Å². The van der Waals surface area contributed by atoms with Gasteiger partial charge in [-0.2, -0.15) is 0 Å². The van der Waals surface area contributed by atoms with Crippen LogP contribution < -0.4 is 5.56 Å². The van der Waals surface area contributed by atoms with Crippen molar-refractivity contribution in [3.63, 3.8) is 0 Å². The van der Waals surface area contributed by atoms with Crippen molar-refractivity contribution in [2.24, 2.45) is 0 Å². The van der Waals surface area contributed by atoms with Gasteiger partial charge in [-0.25, -0.2) is 4.98 Å². The second kappa shape index (κ2) is 4.00. The van der Waals surface area contributed by atoms with Crippen molar-refractivity contribution in [1.29, 1.82) is 0 Å². The first-order valence-corrected chi connectivity index (χ1v) is 5.09. The lowest BCUT2D eigenvalue weighted by atomic mass is 10.5. The maximum atomic E-state index is 11.3. The van der Waals surface area contributed by atoms with Gasteiger partial charge in [0.15, 0.2) is 5.82 Å². The first-order chi connectivity index (χ1) is 7.59. The van der Waals surface area contributed by atoms with Crippen LogP contribution in [-0.2, 0) is 0 Å². The molecule has 16 heavy (non-hydrogen) atoms. The Morgan fingerprint density at radius 3 is 2.88 bits per heavy atom. The fraction of sp³-hybridized carbons (Fsp3) is 0. The lowest BCUT2D eigenvalue weighted by molar-refractivity contribution is -0.389. The van der Waals surface area contributed by atoms with Gasteiger partial charge in [-0.1, -0.05) is 0 Å². The molecule has 0 aliphatic heterocycles. The van der Waals surface area contributed by atoms with Crippen LogP contribution in [0.3, 0.4) is 0 Å². The molecular weight excluding hydrogens is 329 g/mol. The van der Waals surface area contributed by atoms with Gasteiger partial charge >= 0.3 is 5.82 Å². The number of halogens is 1. The molecule has 2 aromatic rings. The number of rotatable bonds is 2. The van der Waals surface area contributed by atoms with Crippen molar-refractivity contribution in [2.75, 3.05) is 0 Å². The predicted octanol–water partition coefficient (Wildman–Crippen LogP) is 0.468. The number of aromatic nitrogens is 4. The largest absolute Gasteiger partial charge is 0.381 e. The lowest BCUT2D eigenvalue weighted by Crippen LogP contribution is -2.14. The summed E-state index contributed by atoms with van der Waals surface area (Å²) in [6, 6.07) is 0. The van der Waals surface area contributed by atoms with Gasteiger partial charge in [-0.05, 0) is 32.5 Å². The van der Waals surface area contributed by atoms with Gasteiger partial charge < -0.3 is 15.1 Å². The third kappa shape index (κ3) is 1.80. The van der Waals surface area contributed by atoms with E-state index in [0.29, 0.717) is 9.39 Å². The molecule has 0 atom stereocenters. The Labute approximate surface area is 102 Å². The lowest BCUT2D eigenvalue weighted by Gasteiger charge is -1.99. The standard InChI is InChI=1S/C7H4IN5O3/c8-5-6(9-2-10-7(5)14)12-1-4(11-3-12)13(15)16/h1-3H,(H,9,10,14). The highest BCUT2D eigenvalue weighted by Crippen LogP contribution is 2.13. The Bertz CT molecular complexity index is 604. The Hall–Kier alpha value is -1.78. The molecule has 0 aliphatic rings. The summed E-state index contributed by atoms with van der Waals surface area (Å²) in [5, 5.41) is 10.4. The van der Waals surface area contributed by atoms with Gasteiger partial charge in [-0.3, -0.25) is 9.36 Å². The molecule has 0 aliphatic carbocycles. The van der Waals surface area contributed by atoms with Gasteiger partial charge in [0.25, 0.3) is 5.56 Å². The zero-order valence-corrected chi connectivity index (χ0v) is 9.78. The smallest absolute Gasteiger partial charge is 0.358 e. The molecule has 0 saturated carbocycles. The van der Waals surface area contributed by atoms with E-state index in [-0.39, 0.29) is 11.4 Å². The van der Waals surface area contributed by atoms with E-state index in [0.717, 1.165) is 0 Å². The minimum atomic E-state index is -0.615. The fourth-order valence-corrected chi connectivity index (χ4v) is 1.65. The molecular formula is C7H4IN5O3. The number of hydrogen-bond donors (Lipinski definition) is 1. The molecule has 2 heterocycles. The Morgan fingerprint density at radius 2 is 2.25 bits per heavy atom. The normalized spacial score (nSPS) is 10.3. The van der Waals surface area contributed by atoms with Crippen LogP contribution in [-0.4, -0.2) is 24.4 Å². The number of nitrogens with one attached hydrogen (secondary N) is 1. The van der Waals surface area contributed by atoms with Crippen LogP contribution in [0.4, 0.5) is 5.82 Å². The number of aromatic amines is 1. The van der Waals surface area contributed by atoms with Gasteiger partial charge in [0.1, 0.15) is 9.77 Å². The molecule has 0 radical (unpaired) electrons. The molecule has 0 aromatic carbocycles. The van der Waals surface area contributed by atoms with E-state index < -0.39 is 4.92 Å². The van der Waals surface area contributed by atoms with Gasteiger partial charge in [-0.15, -0.1) is 0 Å². The SMILES string of the molecule is O=c1[nH]cnc(-n2cnc([N+](=O)[O-])c2)c1I. The van der Waals surface area contributed by atoms with E-state index in [2.05, 4.69) is 15.0 Å². The first-order valence-electron chi connectivity index (χ1n) is 4.01. The number of imidazole rings is 1. The second-order valence-electron chi connectivity index (χ2n) is 2.77. The Morgan fingerprint density at radius 1 is 1.50 bits per heavy atom. The number of H-pyrrole nitrogens is 1. The number of hydrogen-bond acceptors (Lipinski definition) is 5. The second-order valence-corrected chi connectivity index (χ2v) is 3.84. The maximum absolute atomic E-state index is 11.3. The molecule has 0 bridgehead atoms. The minimum Gasteiger partial charge on any atom is -0.358 e. The van der Waals surface area contributed by atoms with Crippen LogP contribution >= 0.6 is 22.6 Å². The summed E-state index contributed by atoms with van der Waals surface area (Å²) in [4.78, 5) is 31.0. The zero-order valence-electron chi connectivity index (χ0n) is 7.62. The van der Waals surface area contributed by atoms with Crippen LogP contribution in [0.5, 0.6) is 0 Å². The van der Waals surface area contributed by atoms with Crippen LogP contribution in [0.15, 0.2) is 23.6 Å². The summed E-state index contributed by atoms with van der Waals surface area (Å²) in [6.45, 7) is 0. The van der Waals surface area contributed by atoms with E-state index in [1.807, 2.05) is 22.6 Å². The summed E-state index contributed by atoms with van der Waals surface area (Å²) < 4.78 is 1.67. The van der Waals surface area contributed by atoms with Crippen molar-refractivity contribution < 1.29 is 4.92 Å². The summed E-state index contributed by atoms with van der Waals surface area (Å²) >= 11 is 1.81. The topological polar surface area (TPSA) is 107 Å². The molecule has 2 rings (SSSR count). The van der Waals surface area contributed by atoms with E-state index >= 15 is 0 Å². The highest BCUT2D eigenvalue weighted by molar-refractivity contribution is 14.1. The average Bonchev–Trinajstić information content (AvgIpc) is 2.71. The summed E-state index contributed by atoms with van der Waals surface area (Å²) in [5.41, 5.74) is -0.304. The number of nitro groups is 1. The van der Waals surface area contributed by atoms with Crippen molar-refractivity contribution in [3.05, 3.63) is 42.9 Å². The first kappa shape index (κ1) is 10.7. The van der Waals surface area contributed by atoms with E-state index in [1.165, 1.54) is 23.4 Å². The van der Waals surface area contributed by atoms with Crippen LogP contribution in [0.2, 0.25) is 0 Å². The third-order valence-electron chi connectivity index (χ3n) is 1.78. The fourth-order valence-electron chi connectivity index (χ4n) is 1.08. The molecule has 8 nitrogen and oxygen atoms in total. The molecule has 1 N–H and O–H groups in total. The number of nitrogens with zero attached hydrogens (tertiary/aromatic N) is 4. The van der Waals surface area contributed by atoms with Crippen LogP contribution in [0.25, 0.3) is 5.82 Å². The van der Waals surface area contributed by atoms with E-state index in [4.69, 9.17) is 0 Å². The molecule has 82 valence electrons. The van der Waals surface area contributed by atoms with Gasteiger partial charge in [0.05, 0.1) is 6.33 Å². The molecule has 9 heteroatoms. The highest BCUT2D eigenvalue weighted by Gasteiger charge is 2.14. The van der Waals surface area contributed by atoms with Gasteiger partial charge in [0, 0.05) is 0 Å². The monoisotopic (exact) mass is 333 g/mol. The van der Waals surface area contributed by atoms with Crippen molar-refractivity contribution in [3.8, 4) is 5.82 Å². The van der Waals surface area contributed by atoms with Crippen molar-refractivity contribution >= 4 is 28.4 Å².